The Morgan fingerprint density at radius 3 is 2.52 bits per heavy atom. The fourth-order valence-electron chi connectivity index (χ4n) is 3.73. The van der Waals surface area contributed by atoms with Crippen molar-refractivity contribution < 1.29 is 19.1 Å². The first-order valence-electron chi connectivity index (χ1n) is 11.2. The Labute approximate surface area is 195 Å². The molecule has 172 valence electrons. The molecule has 1 aromatic carbocycles. The zero-order chi connectivity index (χ0) is 22.9. The smallest absolute Gasteiger partial charge is 0.329 e. The topological polar surface area (TPSA) is 63.7 Å². The van der Waals surface area contributed by atoms with Crippen molar-refractivity contribution in [2.24, 2.45) is 0 Å². The monoisotopic (exact) mass is 467 g/mol. The van der Waals surface area contributed by atoms with Gasteiger partial charge < -0.3 is 9.64 Å². The van der Waals surface area contributed by atoms with Crippen LogP contribution in [-0.2, 0) is 25.5 Å². The van der Waals surface area contributed by atoms with Crippen LogP contribution < -0.4 is 0 Å². The first-order chi connectivity index (χ1) is 14.8. The summed E-state index contributed by atoms with van der Waals surface area (Å²) in [5.41, 5.74) is 0.903. The fourth-order valence-corrected chi connectivity index (χ4v) is 5.16. The highest BCUT2D eigenvalue weighted by Crippen LogP contribution is 2.39. The quantitative estimate of drug-likeness (QED) is 0.233. The van der Waals surface area contributed by atoms with E-state index < -0.39 is 28.6 Å². The third-order valence-corrected chi connectivity index (χ3v) is 7.30. The predicted octanol–water partition coefficient (Wildman–Crippen LogP) is 5.43. The van der Waals surface area contributed by atoms with Gasteiger partial charge in [-0.3, -0.25) is 9.59 Å². The van der Waals surface area contributed by atoms with Gasteiger partial charge in [0.1, 0.15) is 6.04 Å². The third-order valence-electron chi connectivity index (χ3n) is 5.55. The number of ether oxygens (including phenoxy) is 1. The molecule has 0 unspecified atom stereocenters. The van der Waals surface area contributed by atoms with Gasteiger partial charge in [-0.1, -0.05) is 68.8 Å². The average Bonchev–Trinajstić information content (AvgIpc) is 3.06. The number of esters is 1. The molecule has 5 nitrogen and oxygen atoms in total. The second kappa shape index (κ2) is 12.5. The molecule has 1 amide bonds. The third kappa shape index (κ3) is 7.53. The molecule has 1 aromatic rings. The van der Waals surface area contributed by atoms with Crippen molar-refractivity contribution in [3.63, 3.8) is 0 Å². The van der Waals surface area contributed by atoms with Crippen LogP contribution >= 0.6 is 23.4 Å². The van der Waals surface area contributed by atoms with E-state index in [4.69, 9.17) is 16.3 Å². The van der Waals surface area contributed by atoms with E-state index in [0.29, 0.717) is 23.6 Å². The molecule has 0 saturated carbocycles. The van der Waals surface area contributed by atoms with E-state index in [9.17, 15) is 14.4 Å². The van der Waals surface area contributed by atoms with Crippen molar-refractivity contribution in [1.82, 2.24) is 4.90 Å². The molecule has 0 spiro atoms. The number of benzene rings is 1. The lowest BCUT2D eigenvalue weighted by molar-refractivity contribution is -0.158. The SMILES string of the molecule is CCCCCCCCC(=O)C(=O)N1[C@H](C(=O)OCCc2ccccc2Cl)CSC1(C)C. The van der Waals surface area contributed by atoms with Crippen LogP contribution in [-0.4, -0.2) is 45.8 Å². The first kappa shape index (κ1) is 25.7. The van der Waals surface area contributed by atoms with Gasteiger partial charge in [0.25, 0.3) is 5.91 Å². The number of unbranched alkanes of at least 4 members (excludes halogenated alkanes) is 5. The number of rotatable bonds is 12. The molecule has 0 radical (unpaired) electrons. The maximum absolute atomic E-state index is 12.9. The molecule has 1 heterocycles. The lowest BCUT2D eigenvalue weighted by Gasteiger charge is -2.33. The maximum Gasteiger partial charge on any atom is 0.329 e. The number of carbonyl (C=O) groups excluding carboxylic acids is 3. The van der Waals surface area contributed by atoms with Crippen molar-refractivity contribution in [1.29, 1.82) is 0 Å². The average molecular weight is 468 g/mol. The summed E-state index contributed by atoms with van der Waals surface area (Å²) in [7, 11) is 0. The van der Waals surface area contributed by atoms with Crippen molar-refractivity contribution in [2.75, 3.05) is 12.4 Å². The molecule has 1 fully saturated rings. The molecule has 0 aliphatic carbocycles. The zero-order valence-corrected chi connectivity index (χ0v) is 20.4. The number of amides is 1. The largest absolute Gasteiger partial charge is 0.464 e. The number of nitrogens with zero attached hydrogens (tertiary/aromatic N) is 1. The van der Waals surface area contributed by atoms with Crippen LogP contribution in [0.3, 0.4) is 0 Å². The van der Waals surface area contributed by atoms with E-state index in [1.54, 1.807) is 6.07 Å². The van der Waals surface area contributed by atoms with Gasteiger partial charge in [0.2, 0.25) is 5.78 Å². The minimum Gasteiger partial charge on any atom is -0.464 e. The standard InChI is InChI=1S/C24H34ClNO4S/c1-4-5-6-7-8-9-14-21(27)22(28)26-20(17-31-24(26,2)3)23(29)30-16-15-18-12-10-11-13-19(18)25/h10-13,20H,4-9,14-17H2,1-3H3/t20-/m0/s1. The highest BCUT2D eigenvalue weighted by atomic mass is 35.5. The number of carbonyl (C=O) groups is 3. The van der Waals surface area contributed by atoms with E-state index in [1.165, 1.54) is 29.5 Å². The normalized spacial score (nSPS) is 17.5. The number of hydrogen-bond donors (Lipinski definition) is 0. The summed E-state index contributed by atoms with van der Waals surface area (Å²) >= 11 is 7.64. The van der Waals surface area contributed by atoms with Gasteiger partial charge in [0.15, 0.2) is 0 Å². The van der Waals surface area contributed by atoms with Gasteiger partial charge in [-0.2, -0.15) is 0 Å². The minimum atomic E-state index is -0.743. The van der Waals surface area contributed by atoms with Gasteiger partial charge in [-0.15, -0.1) is 11.8 Å². The lowest BCUT2D eigenvalue weighted by Crippen LogP contribution is -2.52. The van der Waals surface area contributed by atoms with Gasteiger partial charge in [-0.25, -0.2) is 4.79 Å². The molecule has 0 bridgehead atoms. The lowest BCUT2D eigenvalue weighted by atomic mass is 10.1. The summed E-state index contributed by atoms with van der Waals surface area (Å²) in [6.45, 7) is 6.07. The second-order valence-corrected chi connectivity index (χ2v) is 10.4. The van der Waals surface area contributed by atoms with Crippen molar-refractivity contribution >= 4 is 41.0 Å². The Balaban J connectivity index is 1.89. The number of halogens is 1. The van der Waals surface area contributed by atoms with Crippen LogP contribution in [0.15, 0.2) is 24.3 Å². The molecule has 31 heavy (non-hydrogen) atoms. The number of hydrogen-bond acceptors (Lipinski definition) is 5. The molecular formula is C24H34ClNO4S. The van der Waals surface area contributed by atoms with Crippen LogP contribution in [0.1, 0.15) is 71.3 Å². The van der Waals surface area contributed by atoms with Crippen molar-refractivity contribution in [3.8, 4) is 0 Å². The Morgan fingerprint density at radius 1 is 1.13 bits per heavy atom. The summed E-state index contributed by atoms with van der Waals surface area (Å²) in [5, 5.41) is 0.633. The van der Waals surface area contributed by atoms with Crippen LogP contribution in [0.2, 0.25) is 5.02 Å². The predicted molar refractivity (Wildman–Crippen MR) is 126 cm³/mol. The van der Waals surface area contributed by atoms with Crippen molar-refractivity contribution in [3.05, 3.63) is 34.9 Å². The minimum absolute atomic E-state index is 0.178. The molecule has 7 heteroatoms. The summed E-state index contributed by atoms with van der Waals surface area (Å²) in [4.78, 5) is 39.0. The maximum atomic E-state index is 12.9. The molecule has 1 aliphatic rings. The molecule has 1 atom stereocenters. The van der Waals surface area contributed by atoms with E-state index in [1.807, 2.05) is 32.0 Å². The Morgan fingerprint density at radius 2 is 1.81 bits per heavy atom. The molecule has 0 N–H and O–H groups in total. The Bertz CT molecular complexity index is 768. The Hall–Kier alpha value is -1.53. The van der Waals surface area contributed by atoms with Crippen molar-refractivity contribution in [2.45, 2.75) is 83.1 Å². The van der Waals surface area contributed by atoms with Crippen LogP contribution in [0.5, 0.6) is 0 Å². The van der Waals surface area contributed by atoms with E-state index in [0.717, 1.165) is 24.8 Å². The number of ketones is 1. The van der Waals surface area contributed by atoms with Gasteiger partial charge >= 0.3 is 5.97 Å². The van der Waals surface area contributed by atoms with E-state index in [-0.39, 0.29) is 13.0 Å². The summed E-state index contributed by atoms with van der Waals surface area (Å²) in [6.07, 6.45) is 7.02. The van der Waals surface area contributed by atoms with Crippen LogP contribution in [0, 0.1) is 0 Å². The molecule has 0 aromatic heterocycles. The summed E-state index contributed by atoms with van der Waals surface area (Å²) < 4.78 is 5.46. The molecule has 1 saturated heterocycles. The van der Waals surface area contributed by atoms with Gasteiger partial charge in [-0.05, 0) is 31.9 Å². The molecular weight excluding hydrogens is 434 g/mol. The highest BCUT2D eigenvalue weighted by Gasteiger charge is 2.48. The van der Waals surface area contributed by atoms with Crippen LogP contribution in [0.25, 0.3) is 0 Å². The number of thioether (sulfide) groups is 1. The summed E-state index contributed by atoms with van der Waals surface area (Å²) in [5.74, 6) is -1.03. The van der Waals surface area contributed by atoms with E-state index in [2.05, 4.69) is 6.92 Å². The molecule has 2 rings (SSSR count). The second-order valence-electron chi connectivity index (χ2n) is 8.40. The summed E-state index contributed by atoms with van der Waals surface area (Å²) in [6, 6.07) is 6.68. The zero-order valence-electron chi connectivity index (χ0n) is 18.8. The van der Waals surface area contributed by atoms with Gasteiger partial charge in [0, 0.05) is 23.6 Å². The van der Waals surface area contributed by atoms with E-state index >= 15 is 0 Å². The number of Topliss-reactive ketones (excluding diaryl/α,β-unsaturated/α-hetero) is 1. The first-order valence-corrected chi connectivity index (χ1v) is 12.5. The highest BCUT2D eigenvalue weighted by molar-refractivity contribution is 8.00. The van der Waals surface area contributed by atoms with Gasteiger partial charge in [0.05, 0.1) is 11.5 Å². The Kier molecular flexibility index (Phi) is 10.4. The van der Waals surface area contributed by atoms with Crippen LogP contribution in [0.4, 0.5) is 0 Å². The molecule has 1 aliphatic heterocycles. The fraction of sp³-hybridized carbons (Fsp3) is 0.625.